The molecule has 2 aliphatic rings. The molecule has 2 aromatic heterocycles. The van der Waals surface area contributed by atoms with Crippen molar-refractivity contribution in [3.63, 3.8) is 0 Å². The maximum Gasteiger partial charge on any atom is 0.416 e. The quantitative estimate of drug-likeness (QED) is 0.593. The number of alkyl halides is 3. The van der Waals surface area contributed by atoms with Crippen LogP contribution in [0.1, 0.15) is 28.8 Å². The molecule has 0 N–H and O–H groups in total. The number of benzene rings is 1. The second-order valence-corrected chi connectivity index (χ2v) is 8.17. The molecule has 1 amide bonds. The Morgan fingerprint density at radius 1 is 1.03 bits per heavy atom. The van der Waals surface area contributed by atoms with E-state index in [0.29, 0.717) is 37.7 Å². The maximum atomic E-state index is 13.4. The van der Waals surface area contributed by atoms with Gasteiger partial charge in [-0.2, -0.15) is 18.3 Å². The van der Waals surface area contributed by atoms with Crippen molar-refractivity contribution >= 4 is 5.91 Å². The Kier molecular flexibility index (Phi) is 5.71. The summed E-state index contributed by atoms with van der Waals surface area (Å²) in [7, 11) is 0. The van der Waals surface area contributed by atoms with Crippen molar-refractivity contribution in [3.05, 3.63) is 66.1 Å². The van der Waals surface area contributed by atoms with Crippen LogP contribution in [0.25, 0.3) is 11.5 Å². The molecule has 2 saturated heterocycles. The second-order valence-electron chi connectivity index (χ2n) is 8.17. The Bertz CT molecular complexity index is 1110. The highest BCUT2D eigenvalue weighted by molar-refractivity contribution is 5.97. The van der Waals surface area contributed by atoms with E-state index in [1.54, 1.807) is 34.0 Å². The molecule has 5 rings (SSSR count). The number of hydrogen-bond donors (Lipinski definition) is 0. The minimum atomic E-state index is -4.48. The summed E-state index contributed by atoms with van der Waals surface area (Å²) >= 11 is 0. The summed E-state index contributed by atoms with van der Waals surface area (Å²) in [4.78, 5) is 15.2. The van der Waals surface area contributed by atoms with Crippen molar-refractivity contribution < 1.29 is 27.4 Å². The lowest BCUT2D eigenvalue weighted by molar-refractivity contribution is -0.137. The van der Waals surface area contributed by atoms with Gasteiger partial charge in [0.05, 0.1) is 30.7 Å². The van der Waals surface area contributed by atoms with Crippen LogP contribution < -0.4 is 0 Å². The Labute approximate surface area is 188 Å². The number of amides is 1. The molecule has 1 aromatic carbocycles. The van der Waals surface area contributed by atoms with Crippen LogP contribution in [0.4, 0.5) is 13.2 Å². The smallest absolute Gasteiger partial charge is 0.350 e. The summed E-state index contributed by atoms with van der Waals surface area (Å²) < 4.78 is 54.1. The lowest BCUT2D eigenvalue weighted by atomic mass is 9.96. The van der Waals surface area contributed by atoms with E-state index >= 15 is 0 Å². The fourth-order valence-corrected chi connectivity index (χ4v) is 4.41. The van der Waals surface area contributed by atoms with Crippen LogP contribution in [0.3, 0.4) is 0 Å². The van der Waals surface area contributed by atoms with Crippen LogP contribution in [0.5, 0.6) is 0 Å². The zero-order chi connectivity index (χ0) is 23.0. The highest BCUT2D eigenvalue weighted by Gasteiger charge is 2.34. The number of rotatable bonds is 4. The van der Waals surface area contributed by atoms with Crippen molar-refractivity contribution in [1.82, 2.24) is 19.2 Å². The topological polar surface area (TPSA) is 61.5 Å². The Morgan fingerprint density at radius 3 is 2.39 bits per heavy atom. The van der Waals surface area contributed by atoms with Gasteiger partial charge in [-0.3, -0.25) is 4.79 Å². The molecule has 0 atom stereocenters. The number of nitrogens with zero attached hydrogens (tertiary/aromatic N) is 4. The van der Waals surface area contributed by atoms with Crippen LogP contribution in [-0.2, 0) is 15.7 Å². The van der Waals surface area contributed by atoms with Crippen molar-refractivity contribution in [2.24, 2.45) is 5.92 Å². The van der Waals surface area contributed by atoms with E-state index in [1.165, 1.54) is 23.0 Å². The first-order chi connectivity index (χ1) is 15.9. The van der Waals surface area contributed by atoms with Crippen molar-refractivity contribution in [2.45, 2.75) is 25.3 Å². The molecule has 0 radical (unpaired) electrons. The third-order valence-electron chi connectivity index (χ3n) is 6.10. The zero-order valence-corrected chi connectivity index (χ0v) is 17.7. The molecule has 33 heavy (non-hydrogen) atoms. The predicted molar refractivity (Wildman–Crippen MR) is 112 cm³/mol. The molecule has 0 bridgehead atoms. The van der Waals surface area contributed by atoms with E-state index in [2.05, 4.69) is 5.10 Å². The zero-order valence-electron chi connectivity index (χ0n) is 17.7. The number of carbonyl (C=O) groups excluding carboxylic acids is 1. The van der Waals surface area contributed by atoms with Gasteiger partial charge in [0, 0.05) is 31.4 Å². The lowest BCUT2D eigenvalue weighted by Gasteiger charge is -2.33. The van der Waals surface area contributed by atoms with Crippen molar-refractivity contribution in [2.75, 3.05) is 26.3 Å². The van der Waals surface area contributed by atoms with Gasteiger partial charge in [0.15, 0.2) is 12.1 Å². The number of ether oxygens (including phenoxy) is 2. The van der Waals surface area contributed by atoms with Crippen LogP contribution in [-0.4, -0.2) is 57.7 Å². The third-order valence-corrected chi connectivity index (χ3v) is 6.10. The fraction of sp³-hybridized carbons (Fsp3) is 0.391. The van der Waals surface area contributed by atoms with Gasteiger partial charge in [0.2, 0.25) is 0 Å². The molecule has 4 heterocycles. The van der Waals surface area contributed by atoms with Crippen molar-refractivity contribution in [3.8, 4) is 11.5 Å². The summed E-state index contributed by atoms with van der Waals surface area (Å²) in [6.07, 6.45) is 1.73. The van der Waals surface area contributed by atoms with Gasteiger partial charge in [-0.25, -0.2) is 4.68 Å². The highest BCUT2D eigenvalue weighted by atomic mass is 19.4. The van der Waals surface area contributed by atoms with Gasteiger partial charge in [-0.05, 0) is 43.2 Å². The molecule has 174 valence electrons. The van der Waals surface area contributed by atoms with Crippen LogP contribution in [0.2, 0.25) is 0 Å². The first-order valence-electron chi connectivity index (χ1n) is 10.8. The Hall–Kier alpha value is -3.11. The normalized spacial score (nSPS) is 18.2. The fourth-order valence-electron chi connectivity index (χ4n) is 4.41. The molecule has 7 nitrogen and oxygen atoms in total. The van der Waals surface area contributed by atoms with Gasteiger partial charge in [0.25, 0.3) is 5.91 Å². The Balaban J connectivity index is 1.44. The number of piperidine rings is 1. The first-order valence-corrected chi connectivity index (χ1v) is 10.8. The van der Waals surface area contributed by atoms with Gasteiger partial charge < -0.3 is 18.9 Å². The van der Waals surface area contributed by atoms with Gasteiger partial charge >= 0.3 is 6.18 Å². The molecular formula is C23H23F3N4O3. The standard InChI is InChI=1S/C23H23F3N4O3/c24-23(25,26)17-4-3-5-18(14-17)30-20(28-8-1-2-9-28)19(15-27-30)21(31)29-10-6-16(7-11-29)22-32-12-13-33-22/h1-5,8-9,14-16,22H,6-7,10-13H2. The Morgan fingerprint density at radius 2 is 1.73 bits per heavy atom. The SMILES string of the molecule is O=C(c1cnn(-c2cccc(C(F)(F)F)c2)c1-n1cccc1)N1CCC(C2OCCO2)CC1. The predicted octanol–water partition coefficient (Wildman–Crippen LogP) is 3.91. The van der Waals surface area contributed by atoms with E-state index in [9.17, 15) is 18.0 Å². The van der Waals surface area contributed by atoms with E-state index in [4.69, 9.17) is 9.47 Å². The third kappa shape index (κ3) is 4.28. The van der Waals surface area contributed by atoms with Crippen molar-refractivity contribution in [1.29, 1.82) is 0 Å². The minimum absolute atomic E-state index is 0.205. The average Bonchev–Trinajstić information content (AvgIpc) is 3.59. The molecule has 0 unspecified atom stereocenters. The number of carbonyl (C=O) groups is 1. The summed E-state index contributed by atoms with van der Waals surface area (Å²) in [5.74, 6) is 0.436. The molecule has 2 fully saturated rings. The van der Waals surface area contributed by atoms with Crippen LogP contribution >= 0.6 is 0 Å². The largest absolute Gasteiger partial charge is 0.416 e. The van der Waals surface area contributed by atoms with E-state index in [0.717, 1.165) is 25.0 Å². The number of halogens is 3. The number of aromatic nitrogens is 3. The van der Waals surface area contributed by atoms with Crippen LogP contribution in [0.15, 0.2) is 55.0 Å². The minimum Gasteiger partial charge on any atom is -0.350 e. The van der Waals surface area contributed by atoms with Gasteiger partial charge in [-0.1, -0.05) is 6.07 Å². The molecule has 0 saturated carbocycles. The highest BCUT2D eigenvalue weighted by Crippen LogP contribution is 2.32. The van der Waals surface area contributed by atoms with E-state index in [-0.39, 0.29) is 23.8 Å². The summed E-state index contributed by atoms with van der Waals surface area (Å²) in [5, 5.41) is 4.30. The second kappa shape index (κ2) is 8.68. The molecule has 2 aliphatic heterocycles. The first kappa shape index (κ1) is 21.7. The molecule has 0 spiro atoms. The average molecular weight is 460 g/mol. The summed E-state index contributed by atoms with van der Waals surface area (Å²) in [6.45, 7) is 2.29. The maximum absolute atomic E-state index is 13.4. The monoisotopic (exact) mass is 460 g/mol. The van der Waals surface area contributed by atoms with Gasteiger partial charge in [0.1, 0.15) is 5.56 Å². The summed E-state index contributed by atoms with van der Waals surface area (Å²) in [5.41, 5.74) is -0.225. The molecule has 0 aliphatic carbocycles. The lowest BCUT2D eigenvalue weighted by Crippen LogP contribution is -2.41. The van der Waals surface area contributed by atoms with E-state index in [1.807, 2.05) is 0 Å². The number of hydrogen-bond acceptors (Lipinski definition) is 4. The van der Waals surface area contributed by atoms with Gasteiger partial charge in [-0.15, -0.1) is 0 Å². The van der Waals surface area contributed by atoms with E-state index < -0.39 is 11.7 Å². The number of likely N-dealkylation sites (tertiary alicyclic amines) is 1. The summed E-state index contributed by atoms with van der Waals surface area (Å²) in [6, 6.07) is 8.47. The molecular weight excluding hydrogens is 437 g/mol. The molecule has 3 aromatic rings. The van der Waals surface area contributed by atoms with Crippen LogP contribution in [0, 0.1) is 5.92 Å². The molecule has 10 heteroatoms.